The molecule has 0 bridgehead atoms. The summed E-state index contributed by atoms with van der Waals surface area (Å²) in [4.78, 5) is 0. The van der Waals surface area contributed by atoms with Gasteiger partial charge in [-0.1, -0.05) is 70.5 Å². The summed E-state index contributed by atoms with van der Waals surface area (Å²) >= 11 is 10.1. The summed E-state index contributed by atoms with van der Waals surface area (Å²) < 4.78 is 1.07. The first-order valence-electron chi connectivity index (χ1n) is 6.13. The van der Waals surface area contributed by atoms with Gasteiger partial charge in [0.05, 0.1) is 5.38 Å². The molecule has 0 saturated heterocycles. The van der Waals surface area contributed by atoms with Crippen LogP contribution in [0, 0.1) is 0 Å². The number of halogens is 2. The summed E-state index contributed by atoms with van der Waals surface area (Å²) in [5, 5.41) is 2.31. The van der Waals surface area contributed by atoms with Crippen molar-refractivity contribution >= 4 is 38.3 Å². The normalized spacial score (nSPS) is 12.5. The van der Waals surface area contributed by atoms with Gasteiger partial charge in [-0.2, -0.15) is 0 Å². The van der Waals surface area contributed by atoms with E-state index in [1.165, 1.54) is 10.8 Å². The predicted molar refractivity (Wildman–Crippen MR) is 85.8 cm³/mol. The van der Waals surface area contributed by atoms with E-state index in [0.717, 1.165) is 15.6 Å². The molecule has 0 fully saturated rings. The highest BCUT2D eigenvalue weighted by molar-refractivity contribution is 9.10. The number of alkyl halides is 1. The number of hydrogen-bond acceptors (Lipinski definition) is 0. The maximum atomic E-state index is 6.65. The highest BCUT2D eigenvalue weighted by Gasteiger charge is 2.13. The molecule has 0 nitrogen and oxygen atoms in total. The molecule has 1 atom stereocenters. The lowest BCUT2D eigenvalue weighted by atomic mass is 9.98. The van der Waals surface area contributed by atoms with Gasteiger partial charge in [0.25, 0.3) is 0 Å². The molecule has 94 valence electrons. The Hall–Kier alpha value is -1.31. The van der Waals surface area contributed by atoms with Gasteiger partial charge in [-0.05, 0) is 34.0 Å². The smallest absolute Gasteiger partial charge is 0.0841 e. The first-order chi connectivity index (χ1) is 9.25. The van der Waals surface area contributed by atoms with Crippen molar-refractivity contribution in [3.8, 4) is 0 Å². The van der Waals surface area contributed by atoms with Gasteiger partial charge in [0.15, 0.2) is 0 Å². The Kier molecular flexibility index (Phi) is 3.58. The first-order valence-corrected chi connectivity index (χ1v) is 7.36. The lowest BCUT2D eigenvalue weighted by Crippen LogP contribution is -1.94. The topological polar surface area (TPSA) is 0 Å². The van der Waals surface area contributed by atoms with Gasteiger partial charge in [0.2, 0.25) is 0 Å². The van der Waals surface area contributed by atoms with E-state index in [1.54, 1.807) is 0 Å². The molecule has 0 amide bonds. The van der Waals surface area contributed by atoms with E-state index in [1.807, 2.05) is 12.1 Å². The second-order valence-electron chi connectivity index (χ2n) is 4.48. The molecule has 0 aliphatic rings. The fourth-order valence-corrected chi connectivity index (χ4v) is 2.88. The van der Waals surface area contributed by atoms with E-state index in [-0.39, 0.29) is 5.38 Å². The lowest BCUT2D eigenvalue weighted by Gasteiger charge is -2.13. The molecule has 0 N–H and O–H groups in total. The van der Waals surface area contributed by atoms with E-state index >= 15 is 0 Å². The van der Waals surface area contributed by atoms with E-state index in [2.05, 4.69) is 70.5 Å². The molecule has 3 aromatic carbocycles. The Labute approximate surface area is 126 Å². The van der Waals surface area contributed by atoms with Gasteiger partial charge in [-0.3, -0.25) is 0 Å². The van der Waals surface area contributed by atoms with Crippen LogP contribution in [-0.2, 0) is 0 Å². The number of rotatable bonds is 2. The predicted octanol–water partition coefficient (Wildman–Crippen LogP) is 5.93. The van der Waals surface area contributed by atoms with Crippen LogP contribution in [0.15, 0.2) is 71.2 Å². The van der Waals surface area contributed by atoms with Crippen molar-refractivity contribution in [1.29, 1.82) is 0 Å². The summed E-state index contributed by atoms with van der Waals surface area (Å²) in [6.07, 6.45) is 0. The van der Waals surface area contributed by atoms with Crippen LogP contribution in [0.25, 0.3) is 10.8 Å². The molecule has 0 radical (unpaired) electrons. The van der Waals surface area contributed by atoms with Crippen molar-refractivity contribution in [2.75, 3.05) is 0 Å². The quantitative estimate of drug-likeness (QED) is 0.510. The summed E-state index contributed by atoms with van der Waals surface area (Å²) in [6, 6.07) is 22.8. The van der Waals surface area contributed by atoms with E-state index in [4.69, 9.17) is 11.6 Å². The molecular weight excluding hydrogens is 320 g/mol. The third-order valence-corrected chi connectivity index (χ3v) is 4.27. The average Bonchev–Trinajstić information content (AvgIpc) is 2.47. The Balaban J connectivity index is 2.11. The van der Waals surface area contributed by atoms with Gasteiger partial charge < -0.3 is 0 Å². The fourth-order valence-electron chi connectivity index (χ4n) is 2.28. The lowest BCUT2D eigenvalue weighted by molar-refractivity contribution is 1.16. The Morgan fingerprint density at radius 1 is 0.789 bits per heavy atom. The SMILES string of the molecule is ClC(c1ccc(Br)cc1)c1cccc2ccccc12. The van der Waals surface area contributed by atoms with Gasteiger partial charge in [-0.15, -0.1) is 11.6 Å². The first kappa shape index (κ1) is 12.7. The minimum absolute atomic E-state index is 0.126. The van der Waals surface area contributed by atoms with Crippen molar-refractivity contribution in [1.82, 2.24) is 0 Å². The molecule has 19 heavy (non-hydrogen) atoms. The van der Waals surface area contributed by atoms with Crippen LogP contribution in [0.5, 0.6) is 0 Å². The highest BCUT2D eigenvalue weighted by Crippen LogP contribution is 2.34. The molecule has 0 aliphatic heterocycles. The maximum absolute atomic E-state index is 6.65. The largest absolute Gasteiger partial charge is 0.113 e. The molecule has 0 heterocycles. The van der Waals surface area contributed by atoms with Crippen LogP contribution in [-0.4, -0.2) is 0 Å². The monoisotopic (exact) mass is 330 g/mol. The summed E-state index contributed by atoms with van der Waals surface area (Å²) in [7, 11) is 0. The van der Waals surface area contributed by atoms with Crippen molar-refractivity contribution in [2.45, 2.75) is 5.38 Å². The summed E-state index contributed by atoms with van der Waals surface area (Å²) in [5.74, 6) is 0. The molecule has 0 spiro atoms. The molecule has 0 aromatic heterocycles. The van der Waals surface area contributed by atoms with Gasteiger partial charge in [0.1, 0.15) is 0 Å². The molecule has 2 heteroatoms. The standard InChI is InChI=1S/C17H12BrCl/c18-14-10-8-13(9-11-14)17(19)16-7-3-5-12-4-1-2-6-15(12)16/h1-11,17H. The number of hydrogen-bond donors (Lipinski definition) is 0. The fraction of sp³-hybridized carbons (Fsp3) is 0.0588. The van der Waals surface area contributed by atoms with E-state index in [0.29, 0.717) is 0 Å². The second kappa shape index (κ2) is 5.36. The molecule has 3 aromatic rings. The van der Waals surface area contributed by atoms with Gasteiger partial charge in [0, 0.05) is 4.47 Å². The summed E-state index contributed by atoms with van der Waals surface area (Å²) in [5.41, 5.74) is 2.27. The van der Waals surface area contributed by atoms with Crippen molar-refractivity contribution < 1.29 is 0 Å². The zero-order valence-electron chi connectivity index (χ0n) is 10.2. The molecule has 0 saturated carbocycles. The third kappa shape index (κ3) is 2.54. The van der Waals surface area contributed by atoms with Crippen LogP contribution >= 0.6 is 27.5 Å². The van der Waals surface area contributed by atoms with Crippen molar-refractivity contribution in [3.63, 3.8) is 0 Å². The average molecular weight is 332 g/mol. The van der Waals surface area contributed by atoms with Gasteiger partial charge in [-0.25, -0.2) is 0 Å². The highest BCUT2D eigenvalue weighted by atomic mass is 79.9. The number of fused-ring (bicyclic) bond motifs is 1. The Morgan fingerprint density at radius 3 is 2.26 bits per heavy atom. The summed E-state index contributed by atoms with van der Waals surface area (Å²) in [6.45, 7) is 0. The van der Waals surface area contributed by atoms with E-state index in [9.17, 15) is 0 Å². The molecule has 1 unspecified atom stereocenters. The van der Waals surface area contributed by atoms with Crippen LogP contribution in [0.2, 0.25) is 0 Å². The second-order valence-corrected chi connectivity index (χ2v) is 5.83. The Morgan fingerprint density at radius 2 is 1.47 bits per heavy atom. The van der Waals surface area contributed by atoms with Gasteiger partial charge >= 0.3 is 0 Å². The maximum Gasteiger partial charge on any atom is 0.0841 e. The van der Waals surface area contributed by atoms with Crippen molar-refractivity contribution in [3.05, 3.63) is 82.3 Å². The van der Waals surface area contributed by atoms with Crippen LogP contribution < -0.4 is 0 Å². The van der Waals surface area contributed by atoms with Crippen LogP contribution in [0.3, 0.4) is 0 Å². The van der Waals surface area contributed by atoms with E-state index < -0.39 is 0 Å². The zero-order chi connectivity index (χ0) is 13.2. The third-order valence-electron chi connectivity index (χ3n) is 3.26. The Bertz CT molecular complexity index is 699. The molecule has 0 aliphatic carbocycles. The minimum atomic E-state index is -0.126. The van der Waals surface area contributed by atoms with Crippen LogP contribution in [0.1, 0.15) is 16.5 Å². The molecular formula is C17H12BrCl. The van der Waals surface area contributed by atoms with Crippen molar-refractivity contribution in [2.24, 2.45) is 0 Å². The molecule has 3 rings (SSSR count). The number of benzene rings is 3. The van der Waals surface area contributed by atoms with Crippen LogP contribution in [0.4, 0.5) is 0 Å². The minimum Gasteiger partial charge on any atom is -0.113 e. The zero-order valence-corrected chi connectivity index (χ0v) is 12.5.